The average Bonchev–Trinajstić information content (AvgIpc) is 3.09. The summed E-state index contributed by atoms with van der Waals surface area (Å²) in [6, 6.07) is 14.2. The summed E-state index contributed by atoms with van der Waals surface area (Å²) in [7, 11) is 1.57. The van der Waals surface area contributed by atoms with Crippen molar-refractivity contribution < 1.29 is 19.4 Å². The topological polar surface area (TPSA) is 70.1 Å². The number of aliphatic hydroxyl groups is 1. The number of nitrogens with zero attached hydrogens (tertiary/aromatic N) is 2. The molecule has 6 nitrogen and oxygen atoms in total. The number of likely N-dealkylation sites (tertiary alicyclic amines) is 1. The quantitative estimate of drug-likeness (QED) is 0.344. The van der Waals surface area contributed by atoms with Gasteiger partial charge in [0.15, 0.2) is 0 Å². The van der Waals surface area contributed by atoms with E-state index in [-0.39, 0.29) is 11.3 Å². The molecule has 1 saturated heterocycles. The van der Waals surface area contributed by atoms with Crippen LogP contribution in [0.2, 0.25) is 0 Å². The number of benzene rings is 2. The van der Waals surface area contributed by atoms with Gasteiger partial charge in [0.25, 0.3) is 11.7 Å². The van der Waals surface area contributed by atoms with Crippen molar-refractivity contribution in [3.05, 3.63) is 70.8 Å². The second-order valence-electron chi connectivity index (χ2n) is 8.57. The van der Waals surface area contributed by atoms with Gasteiger partial charge in [0.1, 0.15) is 11.5 Å². The fourth-order valence-corrected chi connectivity index (χ4v) is 4.21. The molecule has 1 N–H and O–H groups in total. The molecular formula is C27H34N2O4. The van der Waals surface area contributed by atoms with E-state index >= 15 is 0 Å². The summed E-state index contributed by atoms with van der Waals surface area (Å²) in [5.74, 6) is -0.380. The minimum Gasteiger partial charge on any atom is -0.507 e. The van der Waals surface area contributed by atoms with Gasteiger partial charge in [0, 0.05) is 18.7 Å². The Morgan fingerprint density at radius 2 is 1.64 bits per heavy atom. The van der Waals surface area contributed by atoms with Crippen molar-refractivity contribution in [2.24, 2.45) is 0 Å². The molecule has 0 aromatic heterocycles. The van der Waals surface area contributed by atoms with Crippen LogP contribution in [0.4, 0.5) is 0 Å². The van der Waals surface area contributed by atoms with Crippen LogP contribution < -0.4 is 4.74 Å². The Hall–Kier alpha value is -3.12. The second-order valence-corrected chi connectivity index (χ2v) is 8.57. The molecule has 1 heterocycles. The maximum atomic E-state index is 13.1. The van der Waals surface area contributed by atoms with E-state index in [2.05, 4.69) is 32.6 Å². The Morgan fingerprint density at radius 3 is 2.15 bits per heavy atom. The molecule has 0 aliphatic carbocycles. The molecule has 2 aromatic rings. The summed E-state index contributed by atoms with van der Waals surface area (Å²) >= 11 is 0. The molecule has 0 saturated carbocycles. The normalized spacial score (nSPS) is 17.9. The highest BCUT2D eigenvalue weighted by molar-refractivity contribution is 6.46. The summed E-state index contributed by atoms with van der Waals surface area (Å²) in [4.78, 5) is 30.0. The number of rotatable bonds is 9. The molecule has 1 aliphatic heterocycles. The first-order valence-electron chi connectivity index (χ1n) is 11.6. The number of Topliss-reactive ketones (excluding diaryl/α,β-unsaturated/α-hetero) is 1. The van der Waals surface area contributed by atoms with Crippen molar-refractivity contribution in [2.45, 2.75) is 39.7 Å². The Bertz CT molecular complexity index is 1010. The van der Waals surface area contributed by atoms with Crippen LogP contribution in [0.1, 0.15) is 56.3 Å². The number of ether oxygens (including phenoxy) is 1. The SMILES string of the molecule is CCN(CC)CCN1C(=O)C(=O)C(=C(O)c2ccc(OC)cc2)[C@H]1c1ccc(C(C)C)cc1. The zero-order valence-corrected chi connectivity index (χ0v) is 20.2. The molecule has 1 atom stereocenters. The lowest BCUT2D eigenvalue weighted by molar-refractivity contribution is -0.140. The van der Waals surface area contributed by atoms with Crippen molar-refractivity contribution in [2.75, 3.05) is 33.3 Å². The number of hydrogen-bond acceptors (Lipinski definition) is 5. The molecule has 0 radical (unpaired) electrons. The fourth-order valence-electron chi connectivity index (χ4n) is 4.21. The third-order valence-electron chi connectivity index (χ3n) is 6.37. The van der Waals surface area contributed by atoms with Crippen LogP contribution in [0.5, 0.6) is 5.75 Å². The lowest BCUT2D eigenvalue weighted by Crippen LogP contribution is -2.38. The van der Waals surface area contributed by atoms with Gasteiger partial charge in [-0.15, -0.1) is 0 Å². The molecular weight excluding hydrogens is 416 g/mol. The number of likely N-dealkylation sites (N-methyl/N-ethyl adjacent to an activating group) is 1. The van der Waals surface area contributed by atoms with Crippen LogP contribution in [-0.2, 0) is 9.59 Å². The van der Waals surface area contributed by atoms with Crippen LogP contribution in [0.15, 0.2) is 54.1 Å². The van der Waals surface area contributed by atoms with Gasteiger partial charge in [-0.3, -0.25) is 9.59 Å². The fraction of sp³-hybridized carbons (Fsp3) is 0.407. The van der Waals surface area contributed by atoms with Gasteiger partial charge in [0.05, 0.1) is 18.7 Å². The third kappa shape index (κ3) is 5.11. The summed E-state index contributed by atoms with van der Waals surface area (Å²) in [5, 5.41) is 11.2. The van der Waals surface area contributed by atoms with Gasteiger partial charge in [-0.1, -0.05) is 52.0 Å². The lowest BCUT2D eigenvalue weighted by atomic mass is 9.93. The molecule has 6 heteroatoms. The first-order chi connectivity index (χ1) is 15.8. The number of methoxy groups -OCH3 is 1. The van der Waals surface area contributed by atoms with Gasteiger partial charge >= 0.3 is 0 Å². The predicted molar refractivity (Wildman–Crippen MR) is 130 cm³/mol. The Kier molecular flexibility index (Phi) is 7.92. The smallest absolute Gasteiger partial charge is 0.295 e. The molecule has 1 fully saturated rings. The molecule has 2 aromatic carbocycles. The average molecular weight is 451 g/mol. The number of carbonyl (C=O) groups excluding carboxylic acids is 2. The molecule has 0 spiro atoms. The van der Waals surface area contributed by atoms with Crippen molar-refractivity contribution in [3.8, 4) is 5.75 Å². The van der Waals surface area contributed by atoms with Gasteiger partial charge < -0.3 is 19.6 Å². The van der Waals surface area contributed by atoms with E-state index in [1.54, 1.807) is 36.3 Å². The highest BCUT2D eigenvalue weighted by Gasteiger charge is 2.45. The lowest BCUT2D eigenvalue weighted by Gasteiger charge is -2.28. The maximum Gasteiger partial charge on any atom is 0.295 e. The molecule has 0 bridgehead atoms. The molecule has 1 aliphatic rings. The van der Waals surface area contributed by atoms with Gasteiger partial charge in [-0.25, -0.2) is 0 Å². The van der Waals surface area contributed by atoms with Crippen molar-refractivity contribution >= 4 is 17.4 Å². The van der Waals surface area contributed by atoms with Crippen molar-refractivity contribution in [1.29, 1.82) is 0 Å². The first-order valence-corrected chi connectivity index (χ1v) is 11.6. The van der Waals surface area contributed by atoms with Crippen LogP contribution >= 0.6 is 0 Å². The summed E-state index contributed by atoms with van der Waals surface area (Å²) in [6.07, 6.45) is 0. The number of amides is 1. The summed E-state index contributed by atoms with van der Waals surface area (Å²) in [5.41, 5.74) is 2.59. The van der Waals surface area contributed by atoms with Crippen LogP contribution in [0.3, 0.4) is 0 Å². The van der Waals surface area contributed by atoms with Crippen molar-refractivity contribution in [3.63, 3.8) is 0 Å². The third-order valence-corrected chi connectivity index (χ3v) is 6.37. The van der Waals surface area contributed by atoms with E-state index in [4.69, 9.17) is 4.74 Å². The molecule has 176 valence electrons. The van der Waals surface area contributed by atoms with Crippen LogP contribution in [0, 0.1) is 0 Å². The minimum atomic E-state index is -0.652. The zero-order chi connectivity index (χ0) is 24.1. The molecule has 3 rings (SSSR count). The standard InChI is InChI=1S/C27H34N2O4/c1-6-28(7-2)16-17-29-24(20-10-8-19(9-11-20)18(3)4)23(26(31)27(29)32)25(30)21-12-14-22(33-5)15-13-21/h8-15,18,24,30H,6-7,16-17H2,1-5H3/t24-/m1/s1. The second kappa shape index (κ2) is 10.7. The largest absolute Gasteiger partial charge is 0.507 e. The van der Waals surface area contributed by atoms with Gasteiger partial charge in [-0.2, -0.15) is 0 Å². The zero-order valence-electron chi connectivity index (χ0n) is 20.2. The number of carbonyl (C=O) groups is 2. The summed E-state index contributed by atoms with van der Waals surface area (Å²) in [6.45, 7) is 11.2. The Morgan fingerprint density at radius 1 is 1.03 bits per heavy atom. The van der Waals surface area contributed by atoms with E-state index in [0.29, 0.717) is 30.3 Å². The molecule has 0 unspecified atom stereocenters. The van der Waals surface area contributed by atoms with E-state index < -0.39 is 17.7 Å². The van der Waals surface area contributed by atoms with E-state index in [1.165, 1.54) is 5.56 Å². The number of ketones is 1. The first kappa shape index (κ1) is 24.5. The van der Waals surface area contributed by atoms with E-state index in [1.807, 2.05) is 24.3 Å². The van der Waals surface area contributed by atoms with Crippen LogP contribution in [0.25, 0.3) is 5.76 Å². The van der Waals surface area contributed by atoms with Crippen LogP contribution in [-0.4, -0.2) is 59.9 Å². The summed E-state index contributed by atoms with van der Waals surface area (Å²) < 4.78 is 5.19. The molecule has 1 amide bonds. The molecule has 33 heavy (non-hydrogen) atoms. The predicted octanol–water partition coefficient (Wildman–Crippen LogP) is 4.58. The monoisotopic (exact) mass is 450 g/mol. The van der Waals surface area contributed by atoms with Crippen molar-refractivity contribution in [1.82, 2.24) is 9.80 Å². The maximum absolute atomic E-state index is 13.1. The van der Waals surface area contributed by atoms with Gasteiger partial charge in [-0.05, 0) is 54.4 Å². The highest BCUT2D eigenvalue weighted by Crippen LogP contribution is 2.39. The minimum absolute atomic E-state index is 0.127. The Labute approximate surface area is 196 Å². The number of hydrogen-bond donors (Lipinski definition) is 1. The van der Waals surface area contributed by atoms with E-state index in [9.17, 15) is 14.7 Å². The number of aliphatic hydroxyl groups excluding tert-OH is 1. The van der Waals surface area contributed by atoms with Gasteiger partial charge in [0.2, 0.25) is 0 Å². The highest BCUT2D eigenvalue weighted by atomic mass is 16.5. The van der Waals surface area contributed by atoms with E-state index in [0.717, 1.165) is 18.7 Å². The Balaban J connectivity index is 2.08.